The van der Waals surface area contributed by atoms with Crippen molar-refractivity contribution >= 4 is 46.6 Å². The molecule has 2 N–H and O–H groups in total. The fraction of sp³-hybridized carbons (Fsp3) is 0. The van der Waals surface area contributed by atoms with Gasteiger partial charge in [0.25, 0.3) is 11.8 Å². The predicted octanol–water partition coefficient (Wildman–Crippen LogP) is 5.59. The second kappa shape index (κ2) is 7.26. The number of carbonyl (C=O) groups is 2. The molecular weight excluding hydrogens is 406 g/mol. The maximum atomic E-state index is 13.5. The molecule has 0 spiro atoms. The summed E-state index contributed by atoms with van der Waals surface area (Å²) in [5, 5.41) is 5.38. The minimum absolute atomic E-state index is 0.0736. The third kappa shape index (κ3) is 3.58. The van der Waals surface area contributed by atoms with E-state index in [1.807, 2.05) is 0 Å². The molecule has 28 heavy (non-hydrogen) atoms. The van der Waals surface area contributed by atoms with Crippen LogP contribution in [0.5, 0.6) is 0 Å². The van der Waals surface area contributed by atoms with Crippen LogP contribution in [-0.4, -0.2) is 11.8 Å². The van der Waals surface area contributed by atoms with Crippen molar-refractivity contribution in [1.82, 2.24) is 0 Å². The Morgan fingerprint density at radius 1 is 0.964 bits per heavy atom. The molecule has 3 aromatic rings. The number of benzene rings is 3. The molecule has 0 radical (unpaired) electrons. The van der Waals surface area contributed by atoms with Crippen LogP contribution < -0.4 is 10.6 Å². The van der Waals surface area contributed by atoms with E-state index in [1.54, 1.807) is 18.2 Å². The Bertz CT molecular complexity index is 1140. The van der Waals surface area contributed by atoms with Crippen molar-refractivity contribution in [3.63, 3.8) is 0 Å². The first-order valence-electron chi connectivity index (χ1n) is 8.10. The van der Waals surface area contributed by atoms with Gasteiger partial charge in [0.1, 0.15) is 11.6 Å². The number of amides is 2. The molecule has 8 heteroatoms. The molecule has 0 saturated heterocycles. The van der Waals surface area contributed by atoms with Gasteiger partial charge < -0.3 is 10.6 Å². The Labute approximate surface area is 167 Å². The van der Waals surface area contributed by atoms with Gasteiger partial charge in [0.15, 0.2) is 0 Å². The van der Waals surface area contributed by atoms with Gasteiger partial charge in [0, 0.05) is 15.4 Å². The van der Waals surface area contributed by atoms with Gasteiger partial charge in [-0.2, -0.15) is 0 Å². The van der Waals surface area contributed by atoms with Gasteiger partial charge >= 0.3 is 0 Å². The fourth-order valence-corrected chi connectivity index (χ4v) is 3.93. The van der Waals surface area contributed by atoms with Crippen molar-refractivity contribution in [2.45, 2.75) is 9.79 Å². The Hall–Kier alpha value is -2.90. The van der Waals surface area contributed by atoms with Gasteiger partial charge in [-0.3, -0.25) is 9.59 Å². The Morgan fingerprint density at radius 3 is 2.46 bits per heavy atom. The standard InChI is InChI=1S/C20H11ClF2N2O2S/c21-14-9-12(23)2-4-15(14)24-19(26)10-1-5-18-16(7-10)25-20(27)13-8-11(22)3-6-17(13)28-18/h1-9H,(H,24,26)(H,25,27). The summed E-state index contributed by atoms with van der Waals surface area (Å²) >= 11 is 7.24. The number of halogens is 3. The maximum absolute atomic E-state index is 13.5. The van der Waals surface area contributed by atoms with Gasteiger partial charge in [-0.25, -0.2) is 8.78 Å². The quantitative estimate of drug-likeness (QED) is 0.572. The molecule has 3 aromatic carbocycles. The number of carbonyl (C=O) groups excluding carboxylic acids is 2. The van der Waals surface area contributed by atoms with Crippen LogP contribution in [-0.2, 0) is 0 Å². The number of hydrogen-bond acceptors (Lipinski definition) is 3. The van der Waals surface area contributed by atoms with Crippen molar-refractivity contribution in [2.75, 3.05) is 10.6 Å². The van der Waals surface area contributed by atoms with E-state index >= 15 is 0 Å². The molecule has 0 aromatic heterocycles. The summed E-state index contributed by atoms with van der Waals surface area (Å²) < 4.78 is 26.6. The monoisotopic (exact) mass is 416 g/mol. The molecule has 140 valence electrons. The van der Waals surface area contributed by atoms with Crippen molar-refractivity contribution in [3.8, 4) is 0 Å². The zero-order valence-electron chi connectivity index (χ0n) is 14.1. The second-order valence-electron chi connectivity index (χ2n) is 5.99. The molecule has 0 unspecified atom stereocenters. The first-order chi connectivity index (χ1) is 13.4. The summed E-state index contributed by atoms with van der Waals surface area (Å²) in [6.45, 7) is 0. The van der Waals surface area contributed by atoms with Crippen molar-refractivity contribution in [3.05, 3.63) is 82.4 Å². The summed E-state index contributed by atoms with van der Waals surface area (Å²) in [5.41, 5.74) is 1.20. The van der Waals surface area contributed by atoms with Crippen molar-refractivity contribution < 1.29 is 18.4 Å². The summed E-state index contributed by atoms with van der Waals surface area (Å²) in [6, 6.07) is 12.5. The van der Waals surface area contributed by atoms with Crippen LogP contribution in [0.2, 0.25) is 5.02 Å². The smallest absolute Gasteiger partial charge is 0.256 e. The molecule has 4 nitrogen and oxygen atoms in total. The fourth-order valence-electron chi connectivity index (χ4n) is 2.72. The highest BCUT2D eigenvalue weighted by molar-refractivity contribution is 7.99. The lowest BCUT2D eigenvalue weighted by Gasteiger charge is -2.10. The molecule has 0 atom stereocenters. The minimum Gasteiger partial charge on any atom is -0.321 e. The van der Waals surface area contributed by atoms with E-state index in [0.717, 1.165) is 11.0 Å². The first-order valence-corrected chi connectivity index (χ1v) is 9.29. The molecular formula is C20H11ClF2N2O2S. The van der Waals surface area contributed by atoms with Gasteiger partial charge in [0.05, 0.1) is 22.0 Å². The Kier molecular flexibility index (Phi) is 4.78. The zero-order valence-corrected chi connectivity index (χ0v) is 15.6. The molecule has 4 rings (SSSR count). The van der Waals surface area contributed by atoms with E-state index in [4.69, 9.17) is 11.6 Å². The summed E-state index contributed by atoms with van der Waals surface area (Å²) in [7, 11) is 0. The number of nitrogens with one attached hydrogen (secondary N) is 2. The largest absolute Gasteiger partial charge is 0.321 e. The Balaban J connectivity index is 1.63. The lowest BCUT2D eigenvalue weighted by molar-refractivity contribution is 0.101. The van der Waals surface area contributed by atoms with Crippen molar-refractivity contribution in [2.24, 2.45) is 0 Å². The van der Waals surface area contributed by atoms with E-state index in [0.29, 0.717) is 10.6 Å². The third-order valence-electron chi connectivity index (χ3n) is 4.08. The van der Waals surface area contributed by atoms with Gasteiger partial charge in [-0.1, -0.05) is 23.4 Å². The minimum atomic E-state index is -0.510. The third-order valence-corrected chi connectivity index (χ3v) is 5.54. The van der Waals surface area contributed by atoms with E-state index in [1.165, 1.54) is 42.1 Å². The predicted molar refractivity (Wildman–Crippen MR) is 104 cm³/mol. The molecule has 1 aliphatic heterocycles. The second-order valence-corrected chi connectivity index (χ2v) is 7.48. The van der Waals surface area contributed by atoms with E-state index < -0.39 is 23.4 Å². The van der Waals surface area contributed by atoms with Crippen LogP contribution in [0.25, 0.3) is 0 Å². The zero-order chi connectivity index (χ0) is 19.8. The number of fused-ring (bicyclic) bond motifs is 2. The molecule has 1 heterocycles. The van der Waals surface area contributed by atoms with Crippen LogP contribution >= 0.6 is 23.4 Å². The van der Waals surface area contributed by atoms with Crippen LogP contribution in [0.1, 0.15) is 20.7 Å². The molecule has 2 amide bonds. The number of hydrogen-bond donors (Lipinski definition) is 2. The van der Waals surface area contributed by atoms with E-state index in [9.17, 15) is 18.4 Å². The maximum Gasteiger partial charge on any atom is 0.256 e. The van der Waals surface area contributed by atoms with E-state index in [-0.39, 0.29) is 21.8 Å². The normalized spacial score (nSPS) is 12.5. The highest BCUT2D eigenvalue weighted by Crippen LogP contribution is 2.39. The van der Waals surface area contributed by atoms with Gasteiger partial charge in [-0.15, -0.1) is 0 Å². The lowest BCUT2D eigenvalue weighted by Crippen LogP contribution is -2.15. The van der Waals surface area contributed by atoms with E-state index in [2.05, 4.69) is 10.6 Å². The average molecular weight is 417 g/mol. The van der Waals surface area contributed by atoms with Crippen LogP contribution in [0.3, 0.4) is 0 Å². The topological polar surface area (TPSA) is 58.2 Å². The van der Waals surface area contributed by atoms with Crippen LogP contribution in [0.15, 0.2) is 64.4 Å². The molecule has 0 fully saturated rings. The van der Waals surface area contributed by atoms with Crippen LogP contribution in [0, 0.1) is 11.6 Å². The molecule has 0 bridgehead atoms. The SMILES string of the molecule is O=C(Nc1ccc(F)cc1Cl)c1ccc2c(c1)NC(=O)c1cc(F)ccc1S2. The number of anilines is 2. The molecule has 0 saturated carbocycles. The Morgan fingerprint density at radius 2 is 1.68 bits per heavy atom. The van der Waals surface area contributed by atoms with Gasteiger partial charge in [0.2, 0.25) is 0 Å². The average Bonchev–Trinajstić information content (AvgIpc) is 2.79. The van der Waals surface area contributed by atoms with Crippen LogP contribution in [0.4, 0.5) is 20.2 Å². The lowest BCUT2D eigenvalue weighted by atomic mass is 10.1. The highest BCUT2D eigenvalue weighted by Gasteiger charge is 2.22. The van der Waals surface area contributed by atoms with Gasteiger partial charge in [-0.05, 0) is 54.6 Å². The van der Waals surface area contributed by atoms with Crippen molar-refractivity contribution in [1.29, 1.82) is 0 Å². The summed E-state index contributed by atoms with van der Waals surface area (Å²) in [5.74, 6) is -1.94. The highest BCUT2D eigenvalue weighted by atomic mass is 35.5. The summed E-state index contributed by atoms with van der Waals surface area (Å²) in [4.78, 5) is 26.3. The molecule has 0 aliphatic carbocycles. The molecule has 1 aliphatic rings. The number of rotatable bonds is 2. The summed E-state index contributed by atoms with van der Waals surface area (Å²) in [6.07, 6.45) is 0. The first kappa shape index (κ1) is 18.5.